The van der Waals surface area contributed by atoms with Crippen LogP contribution in [0.1, 0.15) is 26.3 Å². The monoisotopic (exact) mass is 315 g/mol. The molecule has 2 aromatic carbocycles. The van der Waals surface area contributed by atoms with Gasteiger partial charge in [0, 0.05) is 6.54 Å². The summed E-state index contributed by atoms with van der Waals surface area (Å²) in [6, 6.07) is 11.4. The van der Waals surface area contributed by atoms with Gasteiger partial charge in [-0.25, -0.2) is 4.79 Å². The molecule has 0 aliphatic carbocycles. The first-order valence-corrected chi connectivity index (χ1v) is 6.88. The molecule has 6 nitrogen and oxygen atoms in total. The SMILES string of the molecule is COC(=O)c1ccc(CNC(=O)c2cccc(OC)c2O)cc1. The van der Waals surface area contributed by atoms with Gasteiger partial charge in [-0.1, -0.05) is 18.2 Å². The molecule has 1 amide bonds. The van der Waals surface area contributed by atoms with Crippen molar-refractivity contribution in [2.45, 2.75) is 6.54 Å². The number of hydrogen-bond acceptors (Lipinski definition) is 5. The molecule has 0 saturated heterocycles. The Balaban J connectivity index is 2.03. The fourth-order valence-electron chi connectivity index (χ4n) is 2.02. The van der Waals surface area contributed by atoms with Crippen LogP contribution in [0.25, 0.3) is 0 Å². The van der Waals surface area contributed by atoms with Crippen LogP contribution in [-0.2, 0) is 11.3 Å². The Labute approximate surface area is 133 Å². The first-order chi connectivity index (χ1) is 11.1. The van der Waals surface area contributed by atoms with Crippen LogP contribution in [-0.4, -0.2) is 31.2 Å². The molecule has 0 heterocycles. The van der Waals surface area contributed by atoms with E-state index in [9.17, 15) is 14.7 Å². The molecule has 0 saturated carbocycles. The molecule has 2 rings (SSSR count). The number of aromatic hydroxyl groups is 1. The Hall–Kier alpha value is -3.02. The standard InChI is InChI=1S/C17H17NO5/c1-22-14-5-3-4-13(15(14)19)16(20)18-10-11-6-8-12(9-7-11)17(21)23-2/h3-9,19H,10H2,1-2H3,(H,18,20). The molecule has 0 aromatic heterocycles. The fourth-order valence-corrected chi connectivity index (χ4v) is 2.02. The molecule has 6 heteroatoms. The average molecular weight is 315 g/mol. The first kappa shape index (κ1) is 16.4. The van der Waals surface area contributed by atoms with E-state index in [-0.39, 0.29) is 23.6 Å². The molecule has 23 heavy (non-hydrogen) atoms. The van der Waals surface area contributed by atoms with Crippen molar-refractivity contribution >= 4 is 11.9 Å². The molecule has 2 aromatic rings. The number of amides is 1. The van der Waals surface area contributed by atoms with Crippen molar-refractivity contribution in [3.8, 4) is 11.5 Å². The zero-order chi connectivity index (χ0) is 16.8. The van der Waals surface area contributed by atoms with Crippen molar-refractivity contribution in [3.05, 3.63) is 59.2 Å². The van der Waals surface area contributed by atoms with E-state index in [0.29, 0.717) is 5.56 Å². The molecular weight excluding hydrogens is 298 g/mol. The van der Waals surface area contributed by atoms with Crippen LogP contribution in [0.4, 0.5) is 0 Å². The number of ether oxygens (including phenoxy) is 2. The van der Waals surface area contributed by atoms with Gasteiger partial charge in [-0.3, -0.25) is 4.79 Å². The summed E-state index contributed by atoms with van der Waals surface area (Å²) in [4.78, 5) is 23.5. The number of carbonyl (C=O) groups is 2. The number of para-hydroxylation sites is 1. The predicted molar refractivity (Wildman–Crippen MR) is 83.6 cm³/mol. The second-order valence-electron chi connectivity index (χ2n) is 4.73. The number of benzene rings is 2. The quantitative estimate of drug-likeness (QED) is 0.826. The minimum absolute atomic E-state index is 0.135. The number of phenols is 1. The van der Waals surface area contributed by atoms with Gasteiger partial charge in [-0.2, -0.15) is 0 Å². The van der Waals surface area contributed by atoms with Crippen LogP contribution in [0.3, 0.4) is 0 Å². The van der Waals surface area contributed by atoms with Crippen LogP contribution in [0.2, 0.25) is 0 Å². The van der Waals surface area contributed by atoms with Crippen LogP contribution >= 0.6 is 0 Å². The van der Waals surface area contributed by atoms with Crippen LogP contribution in [0, 0.1) is 0 Å². The summed E-state index contributed by atoms with van der Waals surface area (Å²) in [6.07, 6.45) is 0. The number of phenolic OH excluding ortho intramolecular Hbond substituents is 1. The van der Waals surface area contributed by atoms with Crippen molar-refractivity contribution in [2.75, 3.05) is 14.2 Å². The summed E-state index contributed by atoms with van der Waals surface area (Å²) < 4.78 is 9.59. The van der Waals surface area contributed by atoms with Crippen molar-refractivity contribution < 1.29 is 24.2 Å². The third-order valence-corrected chi connectivity index (χ3v) is 3.29. The Morgan fingerprint density at radius 2 is 1.78 bits per heavy atom. The lowest BCUT2D eigenvalue weighted by Gasteiger charge is -2.09. The van der Waals surface area contributed by atoms with E-state index in [4.69, 9.17) is 4.74 Å². The zero-order valence-electron chi connectivity index (χ0n) is 12.8. The third kappa shape index (κ3) is 3.79. The maximum Gasteiger partial charge on any atom is 0.337 e. The average Bonchev–Trinajstić information content (AvgIpc) is 2.59. The number of nitrogens with one attached hydrogen (secondary N) is 1. The highest BCUT2D eigenvalue weighted by molar-refractivity contribution is 5.97. The van der Waals surface area contributed by atoms with Gasteiger partial charge in [0.1, 0.15) is 0 Å². The summed E-state index contributed by atoms with van der Waals surface area (Å²) in [5, 5.41) is 12.6. The number of hydrogen-bond donors (Lipinski definition) is 2. The minimum atomic E-state index is -0.418. The van der Waals surface area contributed by atoms with Gasteiger partial charge >= 0.3 is 5.97 Å². The minimum Gasteiger partial charge on any atom is -0.504 e. The van der Waals surface area contributed by atoms with E-state index in [1.54, 1.807) is 36.4 Å². The summed E-state index contributed by atoms with van der Waals surface area (Å²) in [6.45, 7) is 0.261. The van der Waals surface area contributed by atoms with Crippen molar-refractivity contribution in [1.29, 1.82) is 0 Å². The van der Waals surface area contributed by atoms with Crippen LogP contribution < -0.4 is 10.1 Å². The van der Waals surface area contributed by atoms with Crippen LogP contribution in [0.15, 0.2) is 42.5 Å². The molecule has 0 spiro atoms. The predicted octanol–water partition coefficient (Wildman–Crippen LogP) is 2.12. The van der Waals surface area contributed by atoms with Gasteiger partial charge in [0.15, 0.2) is 11.5 Å². The largest absolute Gasteiger partial charge is 0.504 e. The lowest BCUT2D eigenvalue weighted by atomic mass is 10.1. The molecule has 0 aliphatic rings. The molecule has 0 radical (unpaired) electrons. The second-order valence-corrected chi connectivity index (χ2v) is 4.73. The zero-order valence-corrected chi connectivity index (χ0v) is 12.8. The molecule has 2 N–H and O–H groups in total. The Kier molecular flexibility index (Phi) is 5.19. The topological polar surface area (TPSA) is 84.9 Å². The fraction of sp³-hybridized carbons (Fsp3) is 0.176. The number of rotatable bonds is 5. The van der Waals surface area contributed by atoms with Crippen molar-refractivity contribution in [1.82, 2.24) is 5.32 Å². The molecule has 0 unspecified atom stereocenters. The van der Waals surface area contributed by atoms with E-state index in [0.717, 1.165) is 5.56 Å². The van der Waals surface area contributed by atoms with Gasteiger partial charge in [0.25, 0.3) is 5.91 Å². The summed E-state index contributed by atoms with van der Waals surface area (Å²) in [5.41, 5.74) is 1.39. The summed E-state index contributed by atoms with van der Waals surface area (Å²) in [5.74, 6) is -0.797. The number of esters is 1. The smallest absolute Gasteiger partial charge is 0.337 e. The van der Waals surface area contributed by atoms with Gasteiger partial charge in [-0.15, -0.1) is 0 Å². The summed E-state index contributed by atoms with van der Waals surface area (Å²) in [7, 11) is 2.73. The van der Waals surface area contributed by atoms with E-state index in [1.165, 1.54) is 20.3 Å². The lowest BCUT2D eigenvalue weighted by molar-refractivity contribution is 0.0600. The number of carbonyl (C=O) groups excluding carboxylic acids is 2. The highest BCUT2D eigenvalue weighted by Gasteiger charge is 2.14. The van der Waals surface area contributed by atoms with E-state index < -0.39 is 11.9 Å². The van der Waals surface area contributed by atoms with E-state index in [2.05, 4.69) is 10.1 Å². The maximum absolute atomic E-state index is 12.1. The number of methoxy groups -OCH3 is 2. The Bertz CT molecular complexity index is 709. The first-order valence-electron chi connectivity index (χ1n) is 6.88. The normalized spacial score (nSPS) is 10.0. The van der Waals surface area contributed by atoms with Crippen LogP contribution in [0.5, 0.6) is 11.5 Å². The Morgan fingerprint density at radius 3 is 2.39 bits per heavy atom. The van der Waals surface area contributed by atoms with E-state index in [1.807, 2.05) is 0 Å². The molecule has 0 bridgehead atoms. The third-order valence-electron chi connectivity index (χ3n) is 3.29. The molecule has 0 aliphatic heterocycles. The van der Waals surface area contributed by atoms with Gasteiger partial charge < -0.3 is 19.9 Å². The molecule has 120 valence electrons. The van der Waals surface area contributed by atoms with Gasteiger partial charge in [0.2, 0.25) is 0 Å². The highest BCUT2D eigenvalue weighted by atomic mass is 16.5. The maximum atomic E-state index is 12.1. The van der Waals surface area contributed by atoms with Gasteiger partial charge in [0.05, 0.1) is 25.3 Å². The molecule has 0 atom stereocenters. The van der Waals surface area contributed by atoms with Crippen molar-refractivity contribution in [2.24, 2.45) is 0 Å². The second kappa shape index (κ2) is 7.31. The molecule has 0 fully saturated rings. The van der Waals surface area contributed by atoms with E-state index >= 15 is 0 Å². The summed E-state index contributed by atoms with van der Waals surface area (Å²) >= 11 is 0. The van der Waals surface area contributed by atoms with Gasteiger partial charge in [-0.05, 0) is 29.8 Å². The highest BCUT2D eigenvalue weighted by Crippen LogP contribution is 2.29. The Morgan fingerprint density at radius 1 is 1.09 bits per heavy atom. The lowest BCUT2D eigenvalue weighted by Crippen LogP contribution is -2.23. The van der Waals surface area contributed by atoms with Crippen molar-refractivity contribution in [3.63, 3.8) is 0 Å². The molecular formula is C17H17NO5.